The zero-order valence-electron chi connectivity index (χ0n) is 10.7. The molecule has 2 unspecified atom stereocenters. The number of hydrogen-bond acceptors (Lipinski definition) is 5. The van der Waals surface area contributed by atoms with E-state index in [-0.39, 0.29) is 11.9 Å². The maximum Gasteiger partial charge on any atom is 0.371 e. The molecule has 1 aromatic heterocycles. The molecule has 2 aliphatic rings. The van der Waals surface area contributed by atoms with Gasteiger partial charge in [-0.25, -0.2) is 4.79 Å². The quantitative estimate of drug-likeness (QED) is 0.854. The summed E-state index contributed by atoms with van der Waals surface area (Å²) in [5.74, 6) is -0.627. The standard InChI is InChI=1S/C13H18N2O4/c16-13(17)11-3-4-12(19-11)14-6-10-7-15-5-1-2-9(15)8-18-10/h3-4,9-10,14H,1-2,5-8H2,(H,16,17). The van der Waals surface area contributed by atoms with Crippen molar-refractivity contribution in [3.05, 3.63) is 17.9 Å². The van der Waals surface area contributed by atoms with Gasteiger partial charge in [0.25, 0.3) is 0 Å². The Morgan fingerprint density at radius 2 is 2.42 bits per heavy atom. The smallest absolute Gasteiger partial charge is 0.371 e. The lowest BCUT2D eigenvalue weighted by molar-refractivity contribution is -0.0417. The molecule has 0 aromatic carbocycles. The van der Waals surface area contributed by atoms with E-state index in [9.17, 15) is 4.79 Å². The third-order valence-corrected chi connectivity index (χ3v) is 3.78. The fourth-order valence-corrected chi connectivity index (χ4v) is 2.77. The number of hydrogen-bond donors (Lipinski definition) is 2. The second-order valence-electron chi connectivity index (χ2n) is 5.10. The Hall–Kier alpha value is -1.53. The number of anilines is 1. The molecule has 1 aromatic rings. The number of fused-ring (bicyclic) bond motifs is 1. The van der Waals surface area contributed by atoms with Gasteiger partial charge in [-0.15, -0.1) is 0 Å². The summed E-state index contributed by atoms with van der Waals surface area (Å²) >= 11 is 0. The second-order valence-corrected chi connectivity index (χ2v) is 5.10. The highest BCUT2D eigenvalue weighted by Crippen LogP contribution is 2.23. The first-order valence-corrected chi connectivity index (χ1v) is 6.65. The van der Waals surface area contributed by atoms with E-state index in [0.29, 0.717) is 18.5 Å². The predicted octanol–water partition coefficient (Wildman–Crippen LogP) is 1.25. The molecule has 0 aliphatic carbocycles. The van der Waals surface area contributed by atoms with Gasteiger partial charge >= 0.3 is 5.97 Å². The number of carbonyl (C=O) groups is 1. The van der Waals surface area contributed by atoms with E-state index in [2.05, 4.69) is 10.2 Å². The number of furan rings is 1. The van der Waals surface area contributed by atoms with Gasteiger partial charge in [0.1, 0.15) is 0 Å². The molecule has 0 spiro atoms. The first kappa shape index (κ1) is 12.5. The van der Waals surface area contributed by atoms with Crippen molar-refractivity contribution in [1.82, 2.24) is 4.90 Å². The molecule has 0 saturated carbocycles. The lowest BCUT2D eigenvalue weighted by atomic mass is 10.2. The fourth-order valence-electron chi connectivity index (χ4n) is 2.77. The van der Waals surface area contributed by atoms with E-state index in [1.807, 2.05) is 0 Å². The highest BCUT2D eigenvalue weighted by atomic mass is 16.5. The molecule has 6 heteroatoms. The van der Waals surface area contributed by atoms with Gasteiger partial charge in [0.2, 0.25) is 5.76 Å². The number of nitrogens with one attached hydrogen (secondary N) is 1. The number of carboxylic acids is 1. The monoisotopic (exact) mass is 266 g/mol. The lowest BCUT2D eigenvalue weighted by Crippen LogP contribution is -2.48. The van der Waals surface area contributed by atoms with Crippen LogP contribution in [-0.4, -0.2) is 54.4 Å². The van der Waals surface area contributed by atoms with Crippen molar-refractivity contribution >= 4 is 11.9 Å². The molecule has 0 bridgehead atoms. The van der Waals surface area contributed by atoms with Crippen LogP contribution in [0.5, 0.6) is 0 Å². The van der Waals surface area contributed by atoms with Crippen LogP contribution in [0.3, 0.4) is 0 Å². The maximum atomic E-state index is 10.7. The Balaban J connectivity index is 1.50. The number of nitrogens with zero attached hydrogens (tertiary/aromatic N) is 1. The summed E-state index contributed by atoms with van der Waals surface area (Å²) in [5.41, 5.74) is 0. The van der Waals surface area contributed by atoms with Crippen LogP contribution in [0.1, 0.15) is 23.4 Å². The molecule has 104 valence electrons. The Labute approximate surface area is 111 Å². The van der Waals surface area contributed by atoms with Crippen LogP contribution in [0, 0.1) is 0 Å². The van der Waals surface area contributed by atoms with Gasteiger partial charge in [-0.2, -0.15) is 0 Å². The molecule has 19 heavy (non-hydrogen) atoms. The van der Waals surface area contributed by atoms with E-state index in [0.717, 1.165) is 19.7 Å². The van der Waals surface area contributed by atoms with Gasteiger partial charge < -0.3 is 19.6 Å². The number of aromatic carboxylic acids is 1. The van der Waals surface area contributed by atoms with Crippen molar-refractivity contribution < 1.29 is 19.1 Å². The van der Waals surface area contributed by atoms with Gasteiger partial charge in [0, 0.05) is 25.2 Å². The van der Waals surface area contributed by atoms with Gasteiger partial charge in [-0.05, 0) is 25.5 Å². The first-order valence-electron chi connectivity index (χ1n) is 6.65. The number of morpholine rings is 1. The molecule has 6 nitrogen and oxygen atoms in total. The second kappa shape index (κ2) is 5.22. The van der Waals surface area contributed by atoms with Crippen molar-refractivity contribution in [3.8, 4) is 0 Å². The van der Waals surface area contributed by atoms with E-state index >= 15 is 0 Å². The zero-order valence-corrected chi connectivity index (χ0v) is 10.7. The van der Waals surface area contributed by atoms with Crippen LogP contribution in [0.2, 0.25) is 0 Å². The number of rotatable bonds is 4. The molecular formula is C13H18N2O4. The van der Waals surface area contributed by atoms with Crippen LogP contribution in [0.4, 0.5) is 5.88 Å². The minimum Gasteiger partial charge on any atom is -0.475 e. The molecule has 3 rings (SSSR count). The summed E-state index contributed by atoms with van der Waals surface area (Å²) in [5, 5.41) is 11.9. The van der Waals surface area contributed by atoms with Gasteiger partial charge in [0.05, 0.1) is 12.7 Å². The minimum absolute atomic E-state index is 0.0494. The summed E-state index contributed by atoms with van der Waals surface area (Å²) in [6.07, 6.45) is 2.63. The van der Waals surface area contributed by atoms with Crippen LogP contribution < -0.4 is 5.32 Å². The highest BCUT2D eigenvalue weighted by Gasteiger charge is 2.32. The van der Waals surface area contributed by atoms with Crippen LogP contribution in [-0.2, 0) is 4.74 Å². The minimum atomic E-state index is -1.05. The molecular weight excluding hydrogens is 248 g/mol. The Morgan fingerprint density at radius 1 is 1.53 bits per heavy atom. The normalized spacial score (nSPS) is 27.2. The van der Waals surface area contributed by atoms with Crippen molar-refractivity contribution in [2.45, 2.75) is 25.0 Å². The molecule has 2 aliphatic heterocycles. The summed E-state index contributed by atoms with van der Waals surface area (Å²) in [6.45, 7) is 3.53. The molecule has 3 heterocycles. The van der Waals surface area contributed by atoms with Gasteiger partial charge in [0.15, 0.2) is 5.88 Å². The maximum absolute atomic E-state index is 10.7. The van der Waals surface area contributed by atoms with E-state index in [4.69, 9.17) is 14.3 Å². The predicted molar refractivity (Wildman–Crippen MR) is 68.5 cm³/mol. The summed E-state index contributed by atoms with van der Waals surface area (Å²) in [7, 11) is 0. The van der Waals surface area contributed by atoms with Crippen LogP contribution in [0.15, 0.2) is 16.5 Å². The topological polar surface area (TPSA) is 74.9 Å². The zero-order chi connectivity index (χ0) is 13.2. The molecule has 2 N–H and O–H groups in total. The molecule has 0 radical (unpaired) electrons. The highest BCUT2D eigenvalue weighted by molar-refractivity contribution is 5.84. The van der Waals surface area contributed by atoms with Crippen LogP contribution >= 0.6 is 0 Å². The molecule has 0 amide bonds. The van der Waals surface area contributed by atoms with Crippen molar-refractivity contribution in [2.24, 2.45) is 0 Å². The third kappa shape index (κ3) is 2.74. The average molecular weight is 266 g/mol. The summed E-state index contributed by atoms with van der Waals surface area (Å²) in [6, 6.07) is 3.67. The van der Waals surface area contributed by atoms with Crippen molar-refractivity contribution in [2.75, 3.05) is 31.6 Å². The Kier molecular flexibility index (Phi) is 3.44. The molecule has 2 atom stereocenters. The van der Waals surface area contributed by atoms with Crippen LogP contribution in [0.25, 0.3) is 0 Å². The van der Waals surface area contributed by atoms with Gasteiger partial charge in [-0.3, -0.25) is 4.90 Å². The number of carboxylic acid groups (broad SMARTS) is 1. The van der Waals surface area contributed by atoms with Gasteiger partial charge in [-0.1, -0.05) is 0 Å². The molecule has 2 fully saturated rings. The largest absolute Gasteiger partial charge is 0.475 e. The van der Waals surface area contributed by atoms with Crippen molar-refractivity contribution in [1.29, 1.82) is 0 Å². The lowest BCUT2D eigenvalue weighted by Gasteiger charge is -2.35. The fraction of sp³-hybridized carbons (Fsp3) is 0.615. The Morgan fingerprint density at radius 3 is 3.21 bits per heavy atom. The SMILES string of the molecule is O=C(O)c1ccc(NCC2CN3CCCC3CO2)o1. The summed E-state index contributed by atoms with van der Waals surface area (Å²) < 4.78 is 10.9. The average Bonchev–Trinajstić information content (AvgIpc) is 3.04. The first-order chi connectivity index (χ1) is 9.22. The third-order valence-electron chi connectivity index (χ3n) is 3.78. The van der Waals surface area contributed by atoms with E-state index in [1.54, 1.807) is 6.07 Å². The number of ether oxygens (including phenoxy) is 1. The molecule has 2 saturated heterocycles. The van der Waals surface area contributed by atoms with E-state index in [1.165, 1.54) is 18.9 Å². The van der Waals surface area contributed by atoms with E-state index < -0.39 is 5.97 Å². The van der Waals surface area contributed by atoms with Crippen molar-refractivity contribution in [3.63, 3.8) is 0 Å². The summed E-state index contributed by atoms with van der Waals surface area (Å²) in [4.78, 5) is 13.2. The Bertz CT molecular complexity index is 459.